The number of pyridine rings is 1. The number of carbonyl (C=O) groups excluding carboxylic acids is 1. The first-order chi connectivity index (χ1) is 8.33. The van der Waals surface area contributed by atoms with Crippen LogP contribution >= 0.6 is 0 Å². The molecule has 1 aromatic rings. The highest BCUT2D eigenvalue weighted by Crippen LogP contribution is 2.17. The first-order valence-electron chi connectivity index (χ1n) is 5.52. The molecular formula is C11H17N3O3S. The second-order valence-corrected chi connectivity index (χ2v) is 6.33. The first kappa shape index (κ1) is 14.4. The zero-order valence-corrected chi connectivity index (χ0v) is 11.2. The van der Waals surface area contributed by atoms with E-state index >= 15 is 0 Å². The summed E-state index contributed by atoms with van der Waals surface area (Å²) in [4.78, 5) is 15.1. The molecule has 3 N–H and O–H groups in total. The lowest BCUT2D eigenvalue weighted by Gasteiger charge is -2.09. The van der Waals surface area contributed by atoms with Crippen LogP contribution in [0.25, 0.3) is 0 Å². The second-order valence-electron chi connectivity index (χ2n) is 4.37. The molecule has 0 spiro atoms. The van der Waals surface area contributed by atoms with Crippen LogP contribution in [0, 0.1) is 5.92 Å². The molecule has 0 aliphatic rings. The fraction of sp³-hybridized carbons (Fsp3) is 0.455. The number of nitrogen functional groups attached to an aromatic ring is 1. The minimum atomic E-state index is -3.72. The summed E-state index contributed by atoms with van der Waals surface area (Å²) in [6, 6.07) is 1.29. The van der Waals surface area contributed by atoms with E-state index in [9.17, 15) is 13.2 Å². The quantitative estimate of drug-likeness (QED) is 0.797. The smallest absolute Gasteiger partial charge is 0.235 e. The average molecular weight is 271 g/mol. The van der Waals surface area contributed by atoms with Gasteiger partial charge < -0.3 is 11.1 Å². The lowest BCUT2D eigenvalue weighted by molar-refractivity contribution is -0.118. The molecule has 7 heteroatoms. The fourth-order valence-corrected chi connectivity index (χ4v) is 2.58. The van der Waals surface area contributed by atoms with Gasteiger partial charge in [0.05, 0.1) is 16.8 Å². The van der Waals surface area contributed by atoms with Gasteiger partial charge in [0.15, 0.2) is 9.84 Å². The predicted octanol–water partition coefficient (Wildman–Crippen LogP) is 0.210. The van der Waals surface area contributed by atoms with Crippen LogP contribution in [0.1, 0.15) is 13.8 Å². The van der Waals surface area contributed by atoms with Gasteiger partial charge in [-0.2, -0.15) is 0 Å². The summed E-state index contributed by atoms with van der Waals surface area (Å²) in [6.07, 6.45) is 2.58. The molecule has 0 unspecified atom stereocenters. The Kier molecular flexibility index (Phi) is 4.66. The Balaban J connectivity index is 2.77. The van der Waals surface area contributed by atoms with Gasteiger partial charge in [-0.3, -0.25) is 9.78 Å². The van der Waals surface area contributed by atoms with Gasteiger partial charge in [0.2, 0.25) is 5.91 Å². The molecule has 100 valence electrons. The maximum atomic E-state index is 11.9. The molecule has 1 aromatic heterocycles. The molecule has 0 aliphatic carbocycles. The van der Waals surface area contributed by atoms with Crippen molar-refractivity contribution >= 4 is 21.4 Å². The van der Waals surface area contributed by atoms with Gasteiger partial charge in [-0.1, -0.05) is 13.8 Å². The van der Waals surface area contributed by atoms with E-state index in [2.05, 4.69) is 10.3 Å². The van der Waals surface area contributed by atoms with E-state index in [1.54, 1.807) is 0 Å². The van der Waals surface area contributed by atoms with Crippen LogP contribution in [-0.2, 0) is 14.6 Å². The number of rotatable bonds is 5. The number of aromatic nitrogens is 1. The summed E-state index contributed by atoms with van der Waals surface area (Å²) in [7, 11) is -3.72. The topological polar surface area (TPSA) is 102 Å². The Morgan fingerprint density at radius 3 is 2.72 bits per heavy atom. The van der Waals surface area contributed by atoms with Crippen LogP contribution in [0.2, 0.25) is 0 Å². The number of hydrogen-bond acceptors (Lipinski definition) is 5. The van der Waals surface area contributed by atoms with Crippen molar-refractivity contribution in [2.24, 2.45) is 5.92 Å². The third-order valence-electron chi connectivity index (χ3n) is 2.17. The van der Waals surface area contributed by atoms with Crippen molar-refractivity contribution in [1.29, 1.82) is 0 Å². The van der Waals surface area contributed by atoms with Crippen LogP contribution in [0.15, 0.2) is 23.4 Å². The normalized spacial score (nSPS) is 11.5. The third-order valence-corrected chi connectivity index (χ3v) is 3.86. The Morgan fingerprint density at radius 2 is 2.17 bits per heavy atom. The van der Waals surface area contributed by atoms with Crippen molar-refractivity contribution in [2.75, 3.05) is 18.0 Å². The molecule has 1 heterocycles. The highest BCUT2D eigenvalue weighted by atomic mass is 32.2. The van der Waals surface area contributed by atoms with Crippen LogP contribution in [-0.4, -0.2) is 31.6 Å². The monoisotopic (exact) mass is 271 g/mol. The van der Waals surface area contributed by atoms with E-state index in [1.807, 2.05) is 13.8 Å². The third kappa shape index (κ3) is 3.99. The molecule has 0 saturated heterocycles. The van der Waals surface area contributed by atoms with Crippen molar-refractivity contribution in [1.82, 2.24) is 10.3 Å². The van der Waals surface area contributed by atoms with Crippen molar-refractivity contribution in [3.63, 3.8) is 0 Å². The van der Waals surface area contributed by atoms with Crippen molar-refractivity contribution in [3.05, 3.63) is 18.5 Å². The number of nitrogens with one attached hydrogen (secondary N) is 1. The van der Waals surface area contributed by atoms with E-state index in [0.29, 0.717) is 6.54 Å². The van der Waals surface area contributed by atoms with E-state index in [4.69, 9.17) is 5.73 Å². The van der Waals surface area contributed by atoms with Gasteiger partial charge in [0, 0.05) is 12.7 Å². The van der Waals surface area contributed by atoms with E-state index in [1.165, 1.54) is 18.5 Å². The lowest BCUT2D eigenvalue weighted by atomic mass is 10.2. The van der Waals surface area contributed by atoms with Crippen LogP contribution < -0.4 is 11.1 Å². The Labute approximate surface area is 107 Å². The molecule has 0 aromatic carbocycles. The predicted molar refractivity (Wildman–Crippen MR) is 68.5 cm³/mol. The molecule has 0 radical (unpaired) electrons. The molecular weight excluding hydrogens is 254 g/mol. The van der Waals surface area contributed by atoms with E-state index in [0.717, 1.165) is 0 Å². The number of anilines is 1. The number of sulfone groups is 1. The molecule has 0 bridgehead atoms. The molecule has 0 saturated carbocycles. The van der Waals surface area contributed by atoms with Gasteiger partial charge >= 0.3 is 0 Å². The Morgan fingerprint density at radius 1 is 1.50 bits per heavy atom. The average Bonchev–Trinajstić information content (AvgIpc) is 2.26. The maximum absolute atomic E-state index is 11.9. The highest BCUT2D eigenvalue weighted by Gasteiger charge is 2.21. The fourth-order valence-electron chi connectivity index (χ4n) is 1.30. The van der Waals surface area contributed by atoms with Gasteiger partial charge in [-0.05, 0) is 12.0 Å². The summed E-state index contributed by atoms with van der Waals surface area (Å²) < 4.78 is 23.9. The number of hydrogen-bond donors (Lipinski definition) is 2. The number of amides is 1. The SMILES string of the molecule is CC(C)CNC(=O)CS(=O)(=O)c1ccncc1N. The minimum Gasteiger partial charge on any atom is -0.396 e. The second kappa shape index (κ2) is 5.81. The molecule has 1 rings (SSSR count). The lowest BCUT2D eigenvalue weighted by Crippen LogP contribution is -2.33. The minimum absolute atomic E-state index is 0.0501. The largest absolute Gasteiger partial charge is 0.396 e. The van der Waals surface area contributed by atoms with E-state index < -0.39 is 21.5 Å². The van der Waals surface area contributed by atoms with Gasteiger partial charge in [-0.15, -0.1) is 0 Å². The highest BCUT2D eigenvalue weighted by molar-refractivity contribution is 7.92. The molecule has 0 atom stereocenters. The molecule has 0 aliphatic heterocycles. The Bertz CT molecular complexity index is 526. The zero-order valence-electron chi connectivity index (χ0n) is 10.4. The standard InChI is InChI=1S/C11H17N3O3S/c1-8(2)5-14-11(15)7-18(16,17)10-3-4-13-6-9(10)12/h3-4,6,8H,5,7,12H2,1-2H3,(H,14,15). The zero-order chi connectivity index (χ0) is 13.8. The first-order valence-corrected chi connectivity index (χ1v) is 7.17. The summed E-state index contributed by atoms with van der Waals surface area (Å²) in [5, 5.41) is 2.55. The Hall–Kier alpha value is -1.63. The summed E-state index contributed by atoms with van der Waals surface area (Å²) in [5.41, 5.74) is 5.58. The number of carbonyl (C=O) groups is 1. The number of nitrogens with zero attached hydrogens (tertiary/aromatic N) is 1. The summed E-state index contributed by atoms with van der Waals surface area (Å²) in [6.45, 7) is 4.30. The van der Waals surface area contributed by atoms with Crippen LogP contribution in [0.3, 0.4) is 0 Å². The van der Waals surface area contributed by atoms with Crippen molar-refractivity contribution in [3.8, 4) is 0 Å². The molecule has 6 nitrogen and oxygen atoms in total. The summed E-state index contributed by atoms with van der Waals surface area (Å²) >= 11 is 0. The van der Waals surface area contributed by atoms with Gasteiger partial charge in [0.1, 0.15) is 5.75 Å². The van der Waals surface area contributed by atoms with Gasteiger partial charge in [0.25, 0.3) is 0 Å². The van der Waals surface area contributed by atoms with Crippen molar-refractivity contribution in [2.45, 2.75) is 18.7 Å². The molecule has 0 fully saturated rings. The van der Waals surface area contributed by atoms with Crippen LogP contribution in [0.4, 0.5) is 5.69 Å². The molecule has 1 amide bonds. The van der Waals surface area contributed by atoms with E-state index in [-0.39, 0.29) is 16.5 Å². The number of nitrogens with two attached hydrogens (primary N) is 1. The van der Waals surface area contributed by atoms with Crippen LogP contribution in [0.5, 0.6) is 0 Å². The van der Waals surface area contributed by atoms with Crippen molar-refractivity contribution < 1.29 is 13.2 Å². The molecule has 18 heavy (non-hydrogen) atoms. The van der Waals surface area contributed by atoms with Gasteiger partial charge in [-0.25, -0.2) is 8.42 Å². The summed E-state index contributed by atoms with van der Waals surface area (Å²) in [5.74, 6) is -0.865. The maximum Gasteiger partial charge on any atom is 0.235 e.